The summed E-state index contributed by atoms with van der Waals surface area (Å²) in [7, 11) is 0. The first kappa shape index (κ1) is 17.2. The minimum Gasteiger partial charge on any atom is -0.444 e. The van der Waals surface area contributed by atoms with Gasteiger partial charge in [-0.15, -0.1) is 0 Å². The molecule has 0 saturated carbocycles. The van der Waals surface area contributed by atoms with Crippen molar-refractivity contribution >= 4 is 6.09 Å². The van der Waals surface area contributed by atoms with Gasteiger partial charge < -0.3 is 24.2 Å². The van der Waals surface area contributed by atoms with Gasteiger partial charge in [-0.3, -0.25) is 0 Å². The quantitative estimate of drug-likeness (QED) is 0.851. The molecule has 1 N–H and O–H groups in total. The molecule has 0 unspecified atom stereocenters. The molecule has 1 heterocycles. The zero-order valence-electron chi connectivity index (χ0n) is 12.9. The van der Waals surface area contributed by atoms with Gasteiger partial charge in [0.05, 0.1) is 31.9 Å². The van der Waals surface area contributed by atoms with Crippen molar-refractivity contribution in [1.29, 1.82) is 0 Å². The van der Waals surface area contributed by atoms with Gasteiger partial charge >= 0.3 is 6.09 Å². The number of carbonyl (C=O) groups is 1. The number of hydrogen-bond donors (Lipinski definition) is 1. The van der Waals surface area contributed by atoms with Crippen molar-refractivity contribution in [3.63, 3.8) is 0 Å². The van der Waals surface area contributed by atoms with Crippen LogP contribution >= 0.6 is 0 Å². The Kier molecular flexibility index (Phi) is 6.71. The second kappa shape index (κ2) is 7.81. The summed E-state index contributed by atoms with van der Waals surface area (Å²) in [4.78, 5) is 13.8. The van der Waals surface area contributed by atoms with Crippen molar-refractivity contribution in [1.82, 2.24) is 4.90 Å². The summed E-state index contributed by atoms with van der Waals surface area (Å²) in [5.41, 5.74) is -0.546. The topological polar surface area (TPSA) is 68.2 Å². The van der Waals surface area contributed by atoms with Crippen molar-refractivity contribution in [3.8, 4) is 0 Å². The molecule has 1 aliphatic heterocycles. The van der Waals surface area contributed by atoms with Gasteiger partial charge in [0.25, 0.3) is 0 Å². The molecule has 0 aromatic rings. The number of aliphatic hydroxyl groups is 1. The van der Waals surface area contributed by atoms with E-state index in [4.69, 9.17) is 14.2 Å². The molecule has 0 aliphatic carbocycles. The third-order valence-corrected chi connectivity index (χ3v) is 2.90. The maximum Gasteiger partial charge on any atom is 0.410 e. The lowest BCUT2D eigenvalue weighted by molar-refractivity contribution is -0.0678. The Hall–Kier alpha value is -0.850. The van der Waals surface area contributed by atoms with Gasteiger partial charge in [0.1, 0.15) is 5.60 Å². The minimum atomic E-state index is -0.546. The number of hydrogen-bond acceptors (Lipinski definition) is 5. The van der Waals surface area contributed by atoms with E-state index in [9.17, 15) is 9.90 Å². The van der Waals surface area contributed by atoms with Crippen molar-refractivity contribution in [2.24, 2.45) is 0 Å². The summed E-state index contributed by atoms with van der Waals surface area (Å²) in [6.45, 7) is 9.19. The van der Waals surface area contributed by atoms with E-state index in [2.05, 4.69) is 0 Å². The molecule has 6 nitrogen and oxygen atoms in total. The fourth-order valence-corrected chi connectivity index (χ4v) is 2.03. The lowest BCUT2D eigenvalue weighted by atomic mass is 10.2. The van der Waals surface area contributed by atoms with Gasteiger partial charge in [0, 0.05) is 13.2 Å². The molecule has 0 bridgehead atoms. The van der Waals surface area contributed by atoms with Crippen LogP contribution in [0.1, 0.15) is 34.1 Å². The van der Waals surface area contributed by atoms with Crippen molar-refractivity contribution in [2.75, 3.05) is 32.9 Å². The molecule has 1 fully saturated rings. The van der Waals surface area contributed by atoms with E-state index in [1.807, 2.05) is 27.7 Å². The van der Waals surface area contributed by atoms with Crippen LogP contribution < -0.4 is 0 Å². The van der Waals surface area contributed by atoms with Crippen LogP contribution in [0.5, 0.6) is 0 Å². The van der Waals surface area contributed by atoms with Crippen molar-refractivity contribution in [2.45, 2.75) is 51.9 Å². The maximum absolute atomic E-state index is 12.2. The molecule has 6 heteroatoms. The third kappa shape index (κ3) is 6.07. The molecule has 1 saturated heterocycles. The normalized spacial score (nSPS) is 24.9. The first-order chi connectivity index (χ1) is 9.35. The number of nitrogens with zero attached hydrogens (tertiary/aromatic N) is 1. The largest absolute Gasteiger partial charge is 0.444 e. The van der Waals surface area contributed by atoms with Gasteiger partial charge in [-0.1, -0.05) is 0 Å². The average molecular weight is 289 g/mol. The molecule has 1 amide bonds. The summed E-state index contributed by atoms with van der Waals surface area (Å²) < 4.78 is 16.5. The number of carbonyl (C=O) groups excluding carboxylic acids is 1. The van der Waals surface area contributed by atoms with Crippen LogP contribution in [0, 0.1) is 0 Å². The zero-order valence-corrected chi connectivity index (χ0v) is 12.9. The molecule has 1 aliphatic rings. The summed E-state index contributed by atoms with van der Waals surface area (Å²) in [6, 6.07) is 0. The number of rotatable bonds is 3. The lowest BCUT2D eigenvalue weighted by Gasteiger charge is -2.34. The van der Waals surface area contributed by atoms with Crippen LogP contribution in [0.4, 0.5) is 4.79 Å². The van der Waals surface area contributed by atoms with Crippen molar-refractivity contribution < 1.29 is 24.1 Å². The zero-order chi connectivity index (χ0) is 15.2. The van der Waals surface area contributed by atoms with Crippen molar-refractivity contribution in [3.05, 3.63) is 0 Å². The Labute approximate surface area is 121 Å². The van der Waals surface area contributed by atoms with Gasteiger partial charge in [-0.05, 0) is 34.1 Å². The molecule has 0 aromatic carbocycles. The lowest BCUT2D eigenvalue weighted by Crippen LogP contribution is -2.48. The molecule has 20 heavy (non-hydrogen) atoms. The van der Waals surface area contributed by atoms with Gasteiger partial charge in [0.15, 0.2) is 0 Å². The van der Waals surface area contributed by atoms with E-state index in [1.165, 1.54) is 0 Å². The number of amides is 1. The highest BCUT2D eigenvalue weighted by molar-refractivity contribution is 5.68. The molecule has 0 radical (unpaired) electrons. The molecule has 0 aromatic heterocycles. The fraction of sp³-hybridized carbons (Fsp3) is 0.929. The Morgan fingerprint density at radius 3 is 2.65 bits per heavy atom. The molecule has 118 valence electrons. The Balaban J connectivity index is 2.71. The van der Waals surface area contributed by atoms with E-state index in [0.717, 1.165) is 0 Å². The SMILES string of the molecule is CCO[C@@H]1CCO[C@H](CO)CN(C(=O)OC(C)(C)C)C1. The monoisotopic (exact) mass is 289 g/mol. The first-order valence-corrected chi connectivity index (χ1v) is 7.17. The van der Waals surface area contributed by atoms with Crippen LogP contribution in [-0.2, 0) is 14.2 Å². The number of ether oxygens (including phenoxy) is 3. The van der Waals surface area contributed by atoms with E-state index >= 15 is 0 Å². The average Bonchev–Trinajstić information content (AvgIpc) is 2.30. The molecule has 1 rings (SSSR count). The highest BCUT2D eigenvalue weighted by atomic mass is 16.6. The predicted octanol–water partition coefficient (Wildman–Crippen LogP) is 1.41. The van der Waals surface area contributed by atoms with E-state index in [-0.39, 0.29) is 18.8 Å². The standard InChI is InChI=1S/C14H27NO5/c1-5-18-11-6-7-19-12(10-16)9-15(8-11)13(17)20-14(2,3)4/h11-12,16H,5-10H2,1-4H3/t11-,12+/m1/s1. The van der Waals surface area contributed by atoms with Crippen LogP contribution in [0.3, 0.4) is 0 Å². The summed E-state index contributed by atoms with van der Waals surface area (Å²) in [5, 5.41) is 9.27. The summed E-state index contributed by atoms with van der Waals surface area (Å²) in [5.74, 6) is 0. The van der Waals surface area contributed by atoms with E-state index in [1.54, 1.807) is 4.90 Å². The van der Waals surface area contributed by atoms with Gasteiger partial charge in [0.2, 0.25) is 0 Å². The fourth-order valence-electron chi connectivity index (χ4n) is 2.03. The second-order valence-corrected chi connectivity index (χ2v) is 5.93. The first-order valence-electron chi connectivity index (χ1n) is 7.17. The second-order valence-electron chi connectivity index (χ2n) is 5.93. The van der Waals surface area contributed by atoms with Gasteiger partial charge in [-0.2, -0.15) is 0 Å². The van der Waals surface area contributed by atoms with E-state index < -0.39 is 11.7 Å². The predicted molar refractivity (Wildman–Crippen MR) is 74.7 cm³/mol. The smallest absolute Gasteiger partial charge is 0.410 e. The maximum atomic E-state index is 12.2. The number of aliphatic hydroxyl groups excluding tert-OH is 1. The minimum absolute atomic E-state index is 0.0628. The molecule has 0 spiro atoms. The summed E-state index contributed by atoms with van der Waals surface area (Å²) in [6.07, 6.45) is -0.132. The highest BCUT2D eigenvalue weighted by Gasteiger charge is 2.29. The summed E-state index contributed by atoms with van der Waals surface area (Å²) >= 11 is 0. The Morgan fingerprint density at radius 2 is 2.10 bits per heavy atom. The Morgan fingerprint density at radius 1 is 1.40 bits per heavy atom. The van der Waals surface area contributed by atoms with Crippen LogP contribution in [0.15, 0.2) is 0 Å². The Bertz CT molecular complexity index is 302. The highest BCUT2D eigenvalue weighted by Crippen LogP contribution is 2.15. The van der Waals surface area contributed by atoms with Gasteiger partial charge in [-0.25, -0.2) is 4.79 Å². The van der Waals surface area contributed by atoms with Crippen LogP contribution in [0.25, 0.3) is 0 Å². The molecule has 2 atom stereocenters. The third-order valence-electron chi connectivity index (χ3n) is 2.90. The molecular formula is C14H27NO5. The van der Waals surface area contributed by atoms with Crippen LogP contribution in [0.2, 0.25) is 0 Å². The van der Waals surface area contributed by atoms with E-state index in [0.29, 0.717) is 32.7 Å². The van der Waals surface area contributed by atoms with Crippen LogP contribution in [-0.4, -0.2) is 66.8 Å². The molecular weight excluding hydrogens is 262 g/mol.